The molecule has 0 aliphatic rings. The molecule has 1 aromatic carbocycles. The summed E-state index contributed by atoms with van der Waals surface area (Å²) in [5.41, 5.74) is 5.85. The normalized spacial score (nSPS) is 12.1. The fourth-order valence-corrected chi connectivity index (χ4v) is 2.38. The molecule has 0 saturated carbocycles. The largest absolute Gasteiger partial charge is 0.374 e. The Morgan fingerprint density at radius 2 is 1.91 bits per heavy atom. The third kappa shape index (κ3) is 3.30. The summed E-state index contributed by atoms with van der Waals surface area (Å²) in [6.07, 6.45) is 0. The van der Waals surface area contributed by atoms with Gasteiger partial charge in [0.25, 0.3) is 0 Å². The summed E-state index contributed by atoms with van der Waals surface area (Å²) >= 11 is 0. The molecule has 1 heterocycles. The van der Waals surface area contributed by atoms with Crippen LogP contribution < -0.4 is 10.6 Å². The van der Waals surface area contributed by atoms with Crippen molar-refractivity contribution in [1.29, 1.82) is 0 Å². The Bertz CT molecular complexity index is 703. The van der Waals surface area contributed by atoms with E-state index in [1.54, 1.807) is 4.68 Å². The van der Waals surface area contributed by atoms with E-state index in [4.69, 9.17) is 0 Å². The van der Waals surface area contributed by atoms with Crippen LogP contribution in [0.4, 0.5) is 11.4 Å². The van der Waals surface area contributed by atoms with Crippen molar-refractivity contribution in [2.75, 3.05) is 10.6 Å². The van der Waals surface area contributed by atoms with E-state index in [0.29, 0.717) is 0 Å². The first-order chi connectivity index (χ1) is 10.3. The summed E-state index contributed by atoms with van der Waals surface area (Å²) in [7, 11) is 1.87. The molecule has 1 amide bonds. The SMILES string of the molecule is Cc1ccc(C)c(NC(C)C(=O)Nc2c(C)nn(C)c2C)c1. The monoisotopic (exact) mass is 300 g/mol. The van der Waals surface area contributed by atoms with Gasteiger partial charge in [-0.1, -0.05) is 12.1 Å². The van der Waals surface area contributed by atoms with Gasteiger partial charge in [-0.3, -0.25) is 9.48 Å². The van der Waals surface area contributed by atoms with Crippen LogP contribution in [0.1, 0.15) is 29.4 Å². The lowest BCUT2D eigenvalue weighted by molar-refractivity contribution is -0.116. The Labute approximate surface area is 131 Å². The molecule has 0 fully saturated rings. The molecule has 118 valence electrons. The average Bonchev–Trinajstić information content (AvgIpc) is 2.69. The highest BCUT2D eigenvalue weighted by molar-refractivity contribution is 5.97. The Kier molecular flexibility index (Phi) is 4.54. The molecule has 1 aromatic heterocycles. The lowest BCUT2D eigenvalue weighted by atomic mass is 10.1. The van der Waals surface area contributed by atoms with E-state index < -0.39 is 0 Å². The van der Waals surface area contributed by atoms with E-state index in [1.165, 1.54) is 5.56 Å². The molecule has 0 spiro atoms. The van der Waals surface area contributed by atoms with Gasteiger partial charge in [0.2, 0.25) is 5.91 Å². The van der Waals surface area contributed by atoms with Gasteiger partial charge in [-0.2, -0.15) is 5.10 Å². The number of hydrogen-bond donors (Lipinski definition) is 2. The Hall–Kier alpha value is -2.30. The van der Waals surface area contributed by atoms with Gasteiger partial charge in [0.05, 0.1) is 17.1 Å². The quantitative estimate of drug-likeness (QED) is 0.912. The van der Waals surface area contributed by atoms with Gasteiger partial charge in [0.15, 0.2) is 0 Å². The maximum Gasteiger partial charge on any atom is 0.246 e. The van der Waals surface area contributed by atoms with Crippen molar-refractivity contribution in [3.63, 3.8) is 0 Å². The summed E-state index contributed by atoms with van der Waals surface area (Å²) in [5, 5.41) is 10.6. The predicted molar refractivity (Wildman–Crippen MR) is 90.3 cm³/mol. The maximum absolute atomic E-state index is 12.4. The lowest BCUT2D eigenvalue weighted by Gasteiger charge is -2.17. The smallest absolute Gasteiger partial charge is 0.246 e. The molecule has 2 N–H and O–H groups in total. The van der Waals surface area contributed by atoms with Gasteiger partial charge >= 0.3 is 0 Å². The number of anilines is 2. The first-order valence-electron chi connectivity index (χ1n) is 7.44. The van der Waals surface area contributed by atoms with Crippen LogP contribution in [0.15, 0.2) is 18.2 Å². The minimum atomic E-state index is -0.334. The van der Waals surface area contributed by atoms with E-state index in [9.17, 15) is 4.79 Å². The predicted octanol–water partition coefficient (Wildman–Crippen LogP) is 3.09. The van der Waals surface area contributed by atoms with Crippen molar-refractivity contribution in [3.8, 4) is 0 Å². The van der Waals surface area contributed by atoms with Gasteiger partial charge < -0.3 is 10.6 Å². The number of amides is 1. The molecule has 1 atom stereocenters. The van der Waals surface area contributed by atoms with Gasteiger partial charge in [0, 0.05) is 12.7 Å². The van der Waals surface area contributed by atoms with Crippen LogP contribution in [0.5, 0.6) is 0 Å². The van der Waals surface area contributed by atoms with E-state index in [2.05, 4.69) is 33.9 Å². The Morgan fingerprint density at radius 1 is 1.23 bits per heavy atom. The topological polar surface area (TPSA) is 59.0 Å². The van der Waals surface area contributed by atoms with Gasteiger partial charge in [0.1, 0.15) is 6.04 Å². The second kappa shape index (κ2) is 6.22. The van der Waals surface area contributed by atoms with E-state index >= 15 is 0 Å². The van der Waals surface area contributed by atoms with E-state index in [1.807, 2.05) is 41.7 Å². The maximum atomic E-state index is 12.4. The molecule has 0 aliphatic carbocycles. The third-order valence-electron chi connectivity index (χ3n) is 3.92. The van der Waals surface area contributed by atoms with Crippen molar-refractivity contribution in [2.45, 2.75) is 40.7 Å². The zero-order valence-electron chi connectivity index (χ0n) is 14.1. The van der Waals surface area contributed by atoms with Gasteiger partial charge in [-0.05, 0) is 51.8 Å². The number of rotatable bonds is 4. The molecule has 5 heteroatoms. The van der Waals surface area contributed by atoms with Crippen LogP contribution in [-0.2, 0) is 11.8 Å². The van der Waals surface area contributed by atoms with Crippen LogP contribution in [-0.4, -0.2) is 21.7 Å². The molecule has 2 rings (SSSR count). The zero-order chi connectivity index (χ0) is 16.4. The lowest BCUT2D eigenvalue weighted by Crippen LogP contribution is -2.32. The van der Waals surface area contributed by atoms with Crippen molar-refractivity contribution < 1.29 is 4.79 Å². The van der Waals surface area contributed by atoms with Crippen LogP contribution >= 0.6 is 0 Å². The van der Waals surface area contributed by atoms with Crippen molar-refractivity contribution >= 4 is 17.3 Å². The van der Waals surface area contributed by atoms with Crippen LogP contribution in [0.2, 0.25) is 0 Å². The van der Waals surface area contributed by atoms with Crippen molar-refractivity contribution in [3.05, 3.63) is 40.7 Å². The van der Waals surface area contributed by atoms with Crippen LogP contribution in [0.3, 0.4) is 0 Å². The summed E-state index contributed by atoms with van der Waals surface area (Å²) in [4.78, 5) is 12.4. The molecule has 5 nitrogen and oxygen atoms in total. The molecular weight excluding hydrogens is 276 g/mol. The number of benzene rings is 1. The van der Waals surface area contributed by atoms with E-state index in [0.717, 1.165) is 28.3 Å². The molecule has 2 aromatic rings. The van der Waals surface area contributed by atoms with Crippen LogP contribution in [0, 0.1) is 27.7 Å². The molecular formula is C17H24N4O. The fraction of sp³-hybridized carbons (Fsp3) is 0.412. The number of nitrogens with one attached hydrogen (secondary N) is 2. The Balaban J connectivity index is 2.11. The second-order valence-electron chi connectivity index (χ2n) is 5.84. The molecule has 0 saturated heterocycles. The van der Waals surface area contributed by atoms with Gasteiger partial charge in [-0.25, -0.2) is 0 Å². The summed E-state index contributed by atoms with van der Waals surface area (Å²) in [5.74, 6) is -0.0693. The third-order valence-corrected chi connectivity index (χ3v) is 3.92. The molecule has 0 radical (unpaired) electrons. The molecule has 0 aliphatic heterocycles. The highest BCUT2D eigenvalue weighted by Gasteiger charge is 2.17. The first-order valence-corrected chi connectivity index (χ1v) is 7.44. The average molecular weight is 300 g/mol. The van der Waals surface area contributed by atoms with E-state index in [-0.39, 0.29) is 11.9 Å². The first kappa shape index (κ1) is 16.1. The summed E-state index contributed by atoms with van der Waals surface area (Å²) in [6.45, 7) is 9.77. The number of carbonyl (C=O) groups excluding carboxylic acids is 1. The van der Waals surface area contributed by atoms with Crippen LogP contribution in [0.25, 0.3) is 0 Å². The Morgan fingerprint density at radius 3 is 2.50 bits per heavy atom. The number of nitrogens with zero attached hydrogens (tertiary/aromatic N) is 2. The highest BCUT2D eigenvalue weighted by Crippen LogP contribution is 2.20. The summed E-state index contributed by atoms with van der Waals surface area (Å²) < 4.78 is 1.77. The fourth-order valence-electron chi connectivity index (χ4n) is 2.38. The zero-order valence-corrected chi connectivity index (χ0v) is 14.1. The van der Waals surface area contributed by atoms with Crippen molar-refractivity contribution in [1.82, 2.24) is 9.78 Å². The molecule has 22 heavy (non-hydrogen) atoms. The molecule has 0 bridgehead atoms. The highest BCUT2D eigenvalue weighted by atomic mass is 16.2. The van der Waals surface area contributed by atoms with Gasteiger partial charge in [-0.15, -0.1) is 0 Å². The minimum absolute atomic E-state index is 0.0693. The number of aromatic nitrogens is 2. The standard InChI is InChI=1S/C17H24N4O/c1-10-7-8-11(2)15(9-10)18-13(4)17(22)19-16-12(3)20-21(6)14(16)5/h7-9,13,18H,1-6H3,(H,19,22). The molecule has 1 unspecified atom stereocenters. The number of aryl methyl sites for hydroxylation is 4. The minimum Gasteiger partial charge on any atom is -0.374 e. The summed E-state index contributed by atoms with van der Waals surface area (Å²) in [6, 6.07) is 5.84. The van der Waals surface area contributed by atoms with Crippen molar-refractivity contribution in [2.24, 2.45) is 7.05 Å². The number of hydrogen-bond acceptors (Lipinski definition) is 3. The number of carbonyl (C=O) groups is 1. The second-order valence-corrected chi connectivity index (χ2v) is 5.84.